The Bertz CT molecular complexity index is 1500. The van der Waals surface area contributed by atoms with Crippen LogP contribution in [0.5, 0.6) is 5.75 Å². The van der Waals surface area contributed by atoms with Crippen molar-refractivity contribution >= 4 is 29.4 Å². The number of carbonyl (C=O) groups is 3. The van der Waals surface area contributed by atoms with Gasteiger partial charge in [-0.3, -0.25) is 29.4 Å². The number of ether oxygens (including phenoxy) is 1. The van der Waals surface area contributed by atoms with Crippen molar-refractivity contribution < 1.29 is 24.0 Å². The van der Waals surface area contributed by atoms with E-state index in [1.807, 2.05) is 35.2 Å². The third kappa shape index (κ3) is 3.58. The van der Waals surface area contributed by atoms with Crippen LogP contribution in [0.4, 0.5) is 5.69 Å². The monoisotopic (exact) mass is 509 g/mol. The zero-order valence-electron chi connectivity index (χ0n) is 20.4. The number of non-ortho nitro benzene ring substituents is 1. The molecule has 38 heavy (non-hydrogen) atoms. The second-order valence-electron chi connectivity index (χ2n) is 9.61. The highest BCUT2D eigenvalue weighted by molar-refractivity contribution is 6.12. The van der Waals surface area contributed by atoms with Crippen LogP contribution in [0.25, 0.3) is 6.08 Å². The Kier molecular flexibility index (Phi) is 5.56. The van der Waals surface area contributed by atoms with Gasteiger partial charge >= 0.3 is 0 Å². The second-order valence-corrected chi connectivity index (χ2v) is 9.61. The third-order valence-corrected chi connectivity index (χ3v) is 7.68. The summed E-state index contributed by atoms with van der Waals surface area (Å²) in [7, 11) is 1.56. The highest BCUT2D eigenvalue weighted by Gasteiger charge is 2.64. The van der Waals surface area contributed by atoms with Crippen LogP contribution < -0.4 is 4.74 Å². The smallest absolute Gasteiger partial charge is 0.269 e. The predicted octanol–water partition coefficient (Wildman–Crippen LogP) is 4.00. The number of likely N-dealkylation sites (tertiary alicyclic amines) is 1. The first-order chi connectivity index (χ1) is 18.4. The molecule has 0 saturated carbocycles. The maximum absolute atomic E-state index is 13.9. The molecule has 6 rings (SSSR count). The minimum Gasteiger partial charge on any atom is -0.497 e. The van der Waals surface area contributed by atoms with Crippen molar-refractivity contribution in [2.24, 2.45) is 11.8 Å². The summed E-state index contributed by atoms with van der Waals surface area (Å²) in [4.78, 5) is 55.2. The number of nitrogens with zero attached hydrogens (tertiary/aromatic N) is 3. The Morgan fingerprint density at radius 1 is 0.947 bits per heavy atom. The van der Waals surface area contributed by atoms with Crippen molar-refractivity contribution in [2.45, 2.75) is 18.6 Å². The first kappa shape index (κ1) is 23.6. The average Bonchev–Trinajstić information content (AvgIpc) is 3.41. The van der Waals surface area contributed by atoms with Crippen LogP contribution in [-0.4, -0.2) is 45.5 Å². The molecule has 0 unspecified atom stereocenters. The number of fused-ring (bicyclic) bond motifs is 5. The molecule has 9 heteroatoms. The lowest BCUT2D eigenvalue weighted by Gasteiger charge is -2.35. The van der Waals surface area contributed by atoms with Gasteiger partial charge in [-0.05, 0) is 47.0 Å². The molecule has 2 fully saturated rings. The maximum atomic E-state index is 13.9. The van der Waals surface area contributed by atoms with Crippen molar-refractivity contribution in [1.82, 2.24) is 9.80 Å². The molecule has 190 valence electrons. The van der Waals surface area contributed by atoms with Crippen molar-refractivity contribution in [1.29, 1.82) is 0 Å². The summed E-state index contributed by atoms with van der Waals surface area (Å²) < 4.78 is 5.20. The van der Waals surface area contributed by atoms with Crippen LogP contribution >= 0.6 is 0 Å². The molecule has 3 aliphatic heterocycles. The summed E-state index contributed by atoms with van der Waals surface area (Å²) in [6, 6.07) is 18.8. The molecule has 3 aromatic carbocycles. The summed E-state index contributed by atoms with van der Waals surface area (Å²) in [5, 5.41) is 11.1. The number of Topliss-reactive ketones (excluding diaryl/α,β-unsaturated/α-hetero) is 1. The van der Waals surface area contributed by atoms with Crippen LogP contribution in [-0.2, 0) is 16.1 Å². The summed E-state index contributed by atoms with van der Waals surface area (Å²) >= 11 is 0. The SMILES string of the molecule is COc1ccc(CN2C(=O)[C@@H]3[C@H](C2=O)[C@H]2c4ccccc4C=CN2[C@H]3C(=O)c2ccc([N+](=O)[O-])cc2)cc1. The van der Waals surface area contributed by atoms with E-state index in [-0.39, 0.29) is 29.5 Å². The molecule has 0 N–H and O–H groups in total. The molecule has 3 aliphatic rings. The number of amides is 2. The van der Waals surface area contributed by atoms with Gasteiger partial charge in [0.25, 0.3) is 5.69 Å². The Hall–Kier alpha value is -4.79. The Morgan fingerprint density at radius 3 is 2.32 bits per heavy atom. The van der Waals surface area contributed by atoms with E-state index in [1.165, 1.54) is 29.2 Å². The lowest BCUT2D eigenvalue weighted by atomic mass is 9.83. The van der Waals surface area contributed by atoms with Crippen LogP contribution in [0, 0.1) is 22.0 Å². The molecule has 2 amide bonds. The quantitative estimate of drug-likeness (QED) is 0.214. The van der Waals surface area contributed by atoms with Crippen LogP contribution in [0.3, 0.4) is 0 Å². The molecule has 0 spiro atoms. The molecule has 2 saturated heterocycles. The number of carbonyl (C=O) groups excluding carboxylic acids is 3. The standard InChI is InChI=1S/C29H23N3O6/c1-38-21-12-6-17(7-13-21)16-31-28(34)23-24(29(31)35)26(27(33)19-8-10-20(11-9-19)32(36)37)30-15-14-18-4-2-3-5-22(18)25(23)30/h2-15,23-26H,16H2,1H3/t23-,24+,25+,26+/m0/s1. The molecule has 4 atom stereocenters. The minimum absolute atomic E-state index is 0.0946. The Morgan fingerprint density at radius 2 is 1.63 bits per heavy atom. The van der Waals surface area contributed by atoms with Gasteiger partial charge in [-0.15, -0.1) is 0 Å². The van der Waals surface area contributed by atoms with Crippen molar-refractivity contribution in [3.05, 3.63) is 111 Å². The normalized spacial score (nSPS) is 23.2. The lowest BCUT2D eigenvalue weighted by Crippen LogP contribution is -2.44. The summed E-state index contributed by atoms with van der Waals surface area (Å²) in [5.74, 6) is -2.01. The fourth-order valence-corrected chi connectivity index (χ4v) is 5.91. The van der Waals surface area contributed by atoms with E-state index in [0.29, 0.717) is 5.75 Å². The van der Waals surface area contributed by atoms with Crippen molar-refractivity contribution in [3.8, 4) is 5.75 Å². The van der Waals surface area contributed by atoms with E-state index in [2.05, 4.69) is 0 Å². The zero-order valence-corrected chi connectivity index (χ0v) is 20.4. The first-order valence-electron chi connectivity index (χ1n) is 12.2. The number of nitro groups is 1. The van der Waals surface area contributed by atoms with Gasteiger partial charge in [0.05, 0.1) is 36.5 Å². The largest absolute Gasteiger partial charge is 0.497 e. The molecular formula is C29H23N3O6. The Labute approximate surface area is 218 Å². The topological polar surface area (TPSA) is 110 Å². The molecule has 0 aromatic heterocycles. The van der Waals surface area contributed by atoms with E-state index in [4.69, 9.17) is 4.74 Å². The van der Waals surface area contributed by atoms with Crippen LogP contribution in [0.1, 0.15) is 33.1 Å². The fourth-order valence-electron chi connectivity index (χ4n) is 5.91. The van der Waals surface area contributed by atoms with Gasteiger partial charge in [0.1, 0.15) is 11.8 Å². The summed E-state index contributed by atoms with van der Waals surface area (Å²) in [6.45, 7) is 0.0946. The fraction of sp³-hybridized carbons (Fsp3) is 0.207. The average molecular weight is 510 g/mol. The molecular weight excluding hydrogens is 486 g/mol. The van der Waals surface area contributed by atoms with Crippen molar-refractivity contribution in [2.75, 3.05) is 7.11 Å². The van der Waals surface area contributed by atoms with E-state index >= 15 is 0 Å². The van der Waals surface area contributed by atoms with Crippen LogP contribution in [0.2, 0.25) is 0 Å². The zero-order chi connectivity index (χ0) is 26.6. The number of hydrogen-bond acceptors (Lipinski definition) is 7. The number of rotatable bonds is 6. The van der Waals surface area contributed by atoms with Gasteiger partial charge in [0.2, 0.25) is 11.8 Å². The second kappa shape index (κ2) is 8.95. The highest BCUT2D eigenvalue weighted by atomic mass is 16.6. The Balaban J connectivity index is 1.40. The molecule has 3 aromatic rings. The first-order valence-corrected chi connectivity index (χ1v) is 12.2. The molecule has 0 bridgehead atoms. The molecule has 0 radical (unpaired) electrons. The van der Waals surface area contributed by atoms with Crippen molar-refractivity contribution in [3.63, 3.8) is 0 Å². The number of hydrogen-bond donors (Lipinski definition) is 0. The third-order valence-electron chi connectivity index (χ3n) is 7.68. The maximum Gasteiger partial charge on any atom is 0.269 e. The number of nitro benzene ring substituents is 1. The minimum atomic E-state index is -0.923. The van der Waals surface area contributed by atoms with E-state index < -0.39 is 34.7 Å². The molecule has 9 nitrogen and oxygen atoms in total. The van der Waals surface area contributed by atoms with Gasteiger partial charge < -0.3 is 9.64 Å². The number of ketones is 1. The van der Waals surface area contributed by atoms with Gasteiger partial charge in [-0.1, -0.05) is 36.4 Å². The molecule has 0 aliphatic carbocycles. The summed E-state index contributed by atoms with van der Waals surface area (Å²) in [5.41, 5.74) is 2.71. The van der Waals surface area contributed by atoms with E-state index in [0.717, 1.165) is 16.7 Å². The number of benzene rings is 3. The van der Waals surface area contributed by atoms with E-state index in [1.54, 1.807) is 37.6 Å². The van der Waals surface area contributed by atoms with Gasteiger partial charge in [-0.2, -0.15) is 0 Å². The van der Waals surface area contributed by atoms with Gasteiger partial charge in [0.15, 0.2) is 5.78 Å². The number of imide groups is 1. The number of methoxy groups -OCH3 is 1. The molecule has 3 heterocycles. The van der Waals surface area contributed by atoms with Crippen LogP contribution in [0.15, 0.2) is 79.0 Å². The van der Waals surface area contributed by atoms with E-state index in [9.17, 15) is 24.5 Å². The lowest BCUT2D eigenvalue weighted by molar-refractivity contribution is -0.384. The highest BCUT2D eigenvalue weighted by Crippen LogP contribution is 2.53. The van der Waals surface area contributed by atoms with Gasteiger partial charge in [0, 0.05) is 23.9 Å². The predicted molar refractivity (Wildman–Crippen MR) is 137 cm³/mol. The summed E-state index contributed by atoms with van der Waals surface area (Å²) in [6.07, 6.45) is 3.67. The van der Waals surface area contributed by atoms with Gasteiger partial charge in [-0.25, -0.2) is 0 Å².